The molecule has 6 nitrogen and oxygen atoms in total. The second kappa shape index (κ2) is 7.86. The van der Waals surface area contributed by atoms with E-state index < -0.39 is 10.0 Å². The van der Waals surface area contributed by atoms with Crippen LogP contribution >= 0.6 is 0 Å². The van der Waals surface area contributed by atoms with Crippen molar-refractivity contribution in [2.24, 2.45) is 11.8 Å². The van der Waals surface area contributed by atoms with E-state index in [0.29, 0.717) is 42.8 Å². The van der Waals surface area contributed by atoms with Crippen molar-refractivity contribution in [3.8, 4) is 0 Å². The second-order valence-electron chi connectivity index (χ2n) is 7.53. The van der Waals surface area contributed by atoms with Crippen molar-refractivity contribution in [3.63, 3.8) is 0 Å². The molecule has 1 amide bonds. The molecule has 146 valence electrons. The standard InChI is InChI=1S/C20H26N2O4S/c1-15-11-16(2)13-22(12-15)27(24,25)19-8-6-17(7-9-19)20(23)21(3)14-18-5-4-10-26-18/h4-10,15-16H,11-14H2,1-3H3. The zero-order valence-electron chi connectivity index (χ0n) is 16.0. The van der Waals surface area contributed by atoms with Gasteiger partial charge in [0.25, 0.3) is 5.91 Å². The molecule has 1 aliphatic heterocycles. The Hall–Kier alpha value is -2.12. The number of furan rings is 1. The number of benzene rings is 1. The predicted octanol–water partition coefficient (Wildman–Crippen LogP) is 3.22. The Balaban J connectivity index is 1.73. The van der Waals surface area contributed by atoms with Crippen LogP contribution in [-0.4, -0.2) is 43.7 Å². The first-order chi connectivity index (χ1) is 12.8. The van der Waals surface area contributed by atoms with Gasteiger partial charge >= 0.3 is 0 Å². The minimum Gasteiger partial charge on any atom is -0.467 e. The molecule has 0 radical (unpaired) electrons. The molecule has 0 bridgehead atoms. The van der Waals surface area contributed by atoms with Gasteiger partial charge in [0, 0.05) is 25.7 Å². The topological polar surface area (TPSA) is 70.8 Å². The van der Waals surface area contributed by atoms with Gasteiger partial charge in [0.05, 0.1) is 17.7 Å². The number of hydrogen-bond donors (Lipinski definition) is 0. The number of carbonyl (C=O) groups excluding carboxylic acids is 1. The molecule has 0 aliphatic carbocycles. The Morgan fingerprint density at radius 1 is 1.15 bits per heavy atom. The number of piperidine rings is 1. The van der Waals surface area contributed by atoms with E-state index in [2.05, 4.69) is 13.8 Å². The van der Waals surface area contributed by atoms with Crippen LogP contribution in [-0.2, 0) is 16.6 Å². The van der Waals surface area contributed by atoms with Crippen LogP contribution in [0.2, 0.25) is 0 Å². The van der Waals surface area contributed by atoms with E-state index in [1.807, 2.05) is 0 Å². The predicted molar refractivity (Wildman–Crippen MR) is 103 cm³/mol. The van der Waals surface area contributed by atoms with Gasteiger partial charge in [0.2, 0.25) is 10.0 Å². The van der Waals surface area contributed by atoms with Gasteiger partial charge in [-0.3, -0.25) is 4.79 Å². The van der Waals surface area contributed by atoms with Crippen LogP contribution in [0.3, 0.4) is 0 Å². The summed E-state index contributed by atoms with van der Waals surface area (Å²) in [5.41, 5.74) is 0.448. The van der Waals surface area contributed by atoms with E-state index >= 15 is 0 Å². The number of hydrogen-bond acceptors (Lipinski definition) is 4. The van der Waals surface area contributed by atoms with Gasteiger partial charge in [-0.2, -0.15) is 4.31 Å². The Morgan fingerprint density at radius 2 is 1.78 bits per heavy atom. The van der Waals surface area contributed by atoms with E-state index in [9.17, 15) is 13.2 Å². The van der Waals surface area contributed by atoms with Gasteiger partial charge in [-0.1, -0.05) is 13.8 Å². The molecule has 3 rings (SSSR count). The molecule has 27 heavy (non-hydrogen) atoms. The lowest BCUT2D eigenvalue weighted by molar-refractivity contribution is 0.0775. The van der Waals surface area contributed by atoms with Crippen LogP contribution in [0.4, 0.5) is 0 Å². The third kappa shape index (κ3) is 4.42. The zero-order valence-corrected chi connectivity index (χ0v) is 16.8. The van der Waals surface area contributed by atoms with Gasteiger partial charge in [-0.15, -0.1) is 0 Å². The number of nitrogens with zero attached hydrogens (tertiary/aromatic N) is 2. The molecule has 2 unspecified atom stereocenters. The first-order valence-electron chi connectivity index (χ1n) is 9.15. The minimum absolute atomic E-state index is 0.185. The van der Waals surface area contributed by atoms with Crippen molar-refractivity contribution < 1.29 is 17.6 Å². The summed E-state index contributed by atoms with van der Waals surface area (Å²) in [5.74, 6) is 1.20. The maximum atomic E-state index is 12.9. The molecule has 1 saturated heterocycles. The van der Waals surface area contributed by atoms with Crippen LogP contribution in [0.15, 0.2) is 52.0 Å². The van der Waals surface area contributed by atoms with Crippen molar-refractivity contribution >= 4 is 15.9 Å². The summed E-state index contributed by atoms with van der Waals surface area (Å²) < 4.78 is 32.7. The molecular formula is C20H26N2O4S. The summed E-state index contributed by atoms with van der Waals surface area (Å²) in [4.78, 5) is 14.3. The monoisotopic (exact) mass is 390 g/mol. The molecule has 1 fully saturated rings. The second-order valence-corrected chi connectivity index (χ2v) is 9.47. The molecule has 7 heteroatoms. The summed E-state index contributed by atoms with van der Waals surface area (Å²) in [6, 6.07) is 9.77. The first-order valence-corrected chi connectivity index (χ1v) is 10.6. The van der Waals surface area contributed by atoms with E-state index in [1.54, 1.807) is 41.9 Å². The third-order valence-electron chi connectivity index (χ3n) is 4.89. The summed E-state index contributed by atoms with van der Waals surface area (Å²) in [6.07, 6.45) is 2.61. The highest BCUT2D eigenvalue weighted by molar-refractivity contribution is 7.89. The number of carbonyl (C=O) groups is 1. The summed E-state index contributed by atoms with van der Waals surface area (Å²) in [6.45, 7) is 5.59. The number of sulfonamides is 1. The fourth-order valence-electron chi connectivity index (χ4n) is 3.65. The normalized spacial score (nSPS) is 21.1. The number of amides is 1. The lowest BCUT2D eigenvalue weighted by Gasteiger charge is -2.34. The Bertz CT molecular complexity index is 865. The smallest absolute Gasteiger partial charge is 0.254 e. The highest BCUT2D eigenvalue weighted by Gasteiger charge is 2.31. The van der Waals surface area contributed by atoms with E-state index in [-0.39, 0.29) is 10.8 Å². The highest BCUT2D eigenvalue weighted by Crippen LogP contribution is 2.26. The molecule has 0 N–H and O–H groups in total. The Kier molecular flexibility index (Phi) is 5.72. The molecule has 1 aromatic heterocycles. The minimum atomic E-state index is -3.54. The summed E-state index contributed by atoms with van der Waals surface area (Å²) in [5, 5.41) is 0. The molecular weight excluding hydrogens is 364 g/mol. The van der Waals surface area contributed by atoms with Gasteiger partial charge in [-0.05, 0) is 54.7 Å². The van der Waals surface area contributed by atoms with Crippen LogP contribution in [0.5, 0.6) is 0 Å². The highest BCUT2D eigenvalue weighted by atomic mass is 32.2. The Morgan fingerprint density at radius 3 is 2.33 bits per heavy atom. The molecule has 0 saturated carbocycles. The van der Waals surface area contributed by atoms with E-state index in [1.165, 1.54) is 17.0 Å². The lowest BCUT2D eigenvalue weighted by atomic mass is 9.94. The zero-order chi connectivity index (χ0) is 19.6. The van der Waals surface area contributed by atoms with Crippen molar-refractivity contribution in [3.05, 3.63) is 54.0 Å². The van der Waals surface area contributed by atoms with E-state index in [0.717, 1.165) is 6.42 Å². The molecule has 1 aliphatic rings. The van der Waals surface area contributed by atoms with Crippen molar-refractivity contribution in [1.82, 2.24) is 9.21 Å². The summed E-state index contributed by atoms with van der Waals surface area (Å²) >= 11 is 0. The maximum absolute atomic E-state index is 12.9. The van der Waals surface area contributed by atoms with Crippen molar-refractivity contribution in [2.75, 3.05) is 20.1 Å². The fraction of sp³-hybridized carbons (Fsp3) is 0.450. The van der Waals surface area contributed by atoms with Crippen LogP contribution in [0.25, 0.3) is 0 Å². The average Bonchev–Trinajstić information content (AvgIpc) is 3.13. The van der Waals surface area contributed by atoms with Gasteiger partial charge in [-0.25, -0.2) is 8.42 Å². The first kappa shape index (κ1) is 19.6. The van der Waals surface area contributed by atoms with Crippen LogP contribution in [0.1, 0.15) is 36.4 Å². The van der Waals surface area contributed by atoms with Gasteiger partial charge in [0.1, 0.15) is 5.76 Å². The maximum Gasteiger partial charge on any atom is 0.254 e. The quantitative estimate of drug-likeness (QED) is 0.786. The van der Waals surface area contributed by atoms with E-state index in [4.69, 9.17) is 4.42 Å². The number of rotatable bonds is 5. The third-order valence-corrected chi connectivity index (χ3v) is 6.74. The van der Waals surface area contributed by atoms with Gasteiger partial charge < -0.3 is 9.32 Å². The lowest BCUT2D eigenvalue weighted by Crippen LogP contribution is -2.42. The fourth-order valence-corrected chi connectivity index (χ4v) is 5.33. The SMILES string of the molecule is CC1CC(C)CN(S(=O)(=O)c2ccc(C(=O)N(C)Cc3ccco3)cc2)C1. The molecule has 2 heterocycles. The largest absolute Gasteiger partial charge is 0.467 e. The van der Waals surface area contributed by atoms with Crippen LogP contribution in [0, 0.1) is 11.8 Å². The molecule has 2 atom stereocenters. The summed E-state index contributed by atoms with van der Waals surface area (Å²) in [7, 11) is -1.85. The van der Waals surface area contributed by atoms with Crippen LogP contribution < -0.4 is 0 Å². The molecule has 1 aromatic carbocycles. The Labute approximate surface area is 160 Å². The molecule has 0 spiro atoms. The van der Waals surface area contributed by atoms with Gasteiger partial charge in [0.15, 0.2) is 0 Å². The molecule has 2 aromatic rings. The van der Waals surface area contributed by atoms with Crippen molar-refractivity contribution in [2.45, 2.75) is 31.7 Å². The van der Waals surface area contributed by atoms with Crippen molar-refractivity contribution in [1.29, 1.82) is 0 Å². The average molecular weight is 391 g/mol.